The van der Waals surface area contributed by atoms with Gasteiger partial charge in [-0.1, -0.05) is 13.8 Å². The van der Waals surface area contributed by atoms with E-state index in [0.717, 1.165) is 38.4 Å². The number of thiazole rings is 1. The lowest BCUT2D eigenvalue weighted by Crippen LogP contribution is -2.41. The van der Waals surface area contributed by atoms with Gasteiger partial charge >= 0.3 is 0 Å². The molecule has 0 aliphatic rings. The van der Waals surface area contributed by atoms with Gasteiger partial charge in [0.2, 0.25) is 0 Å². The number of halogens is 1. The summed E-state index contributed by atoms with van der Waals surface area (Å²) in [6.07, 6.45) is 2.04. The number of nitrogens with one attached hydrogen (secondary N) is 2. The Balaban J connectivity index is 0.00000625. The molecular formula is C19H38IN5S. The summed E-state index contributed by atoms with van der Waals surface area (Å²) in [6, 6.07) is 1.18. The second-order valence-corrected chi connectivity index (χ2v) is 8.18. The number of aliphatic imine (C=N–C) groups is 1. The molecule has 1 rings (SSSR count). The van der Waals surface area contributed by atoms with Gasteiger partial charge in [0.05, 0.1) is 10.7 Å². The van der Waals surface area contributed by atoms with E-state index in [1.807, 2.05) is 7.05 Å². The monoisotopic (exact) mass is 495 g/mol. The molecule has 0 saturated carbocycles. The van der Waals surface area contributed by atoms with Gasteiger partial charge in [-0.2, -0.15) is 0 Å². The van der Waals surface area contributed by atoms with Gasteiger partial charge in [-0.3, -0.25) is 9.89 Å². The highest BCUT2D eigenvalue weighted by atomic mass is 127. The molecule has 0 spiro atoms. The highest BCUT2D eigenvalue weighted by molar-refractivity contribution is 14.0. The fraction of sp³-hybridized carbons (Fsp3) is 0.789. The van der Waals surface area contributed by atoms with Gasteiger partial charge in [0.1, 0.15) is 0 Å². The normalized spacial score (nSPS) is 12.2. The standard InChI is InChI=1S/C19H37N5S.HI/c1-14(2)18-23-17(13-25-18)9-11-22-19(20-7)21-10-8-12-24(15(3)4)16(5)6;/h13-16H,8-12H2,1-7H3,(H2,20,21,22);1H. The number of nitrogens with zero attached hydrogens (tertiary/aromatic N) is 3. The summed E-state index contributed by atoms with van der Waals surface area (Å²) in [5, 5.41) is 10.2. The molecule has 0 aliphatic carbocycles. The Morgan fingerprint density at radius 3 is 2.23 bits per heavy atom. The molecule has 0 amide bonds. The van der Waals surface area contributed by atoms with Crippen molar-refractivity contribution < 1.29 is 0 Å². The zero-order valence-corrected chi connectivity index (χ0v) is 20.6. The molecule has 0 aromatic carbocycles. The van der Waals surface area contributed by atoms with Crippen LogP contribution in [0.15, 0.2) is 10.4 Å². The molecule has 0 atom stereocenters. The fourth-order valence-electron chi connectivity index (χ4n) is 2.81. The first kappa shape index (κ1) is 25.6. The molecule has 152 valence electrons. The summed E-state index contributed by atoms with van der Waals surface area (Å²) in [6.45, 7) is 16.3. The van der Waals surface area contributed by atoms with Crippen LogP contribution >= 0.6 is 35.3 Å². The van der Waals surface area contributed by atoms with Crippen LogP contribution < -0.4 is 10.6 Å². The van der Waals surface area contributed by atoms with Crippen molar-refractivity contribution in [2.75, 3.05) is 26.7 Å². The first-order valence-corrected chi connectivity index (χ1v) is 10.4. The molecule has 7 heteroatoms. The average molecular weight is 496 g/mol. The lowest BCUT2D eigenvalue weighted by atomic mass is 10.2. The average Bonchev–Trinajstić information content (AvgIpc) is 3.01. The van der Waals surface area contributed by atoms with E-state index in [2.05, 4.69) is 72.4 Å². The van der Waals surface area contributed by atoms with Crippen molar-refractivity contribution >= 4 is 41.3 Å². The van der Waals surface area contributed by atoms with Crippen LogP contribution in [0, 0.1) is 0 Å². The third-order valence-corrected chi connectivity index (χ3v) is 5.37. The first-order chi connectivity index (χ1) is 11.8. The lowest BCUT2D eigenvalue weighted by Gasteiger charge is -2.30. The van der Waals surface area contributed by atoms with Crippen LogP contribution in [0.1, 0.15) is 64.6 Å². The van der Waals surface area contributed by atoms with Gasteiger partial charge in [0.25, 0.3) is 0 Å². The Bertz CT molecular complexity index is 506. The zero-order valence-electron chi connectivity index (χ0n) is 17.5. The van der Waals surface area contributed by atoms with Crippen LogP contribution in [0.5, 0.6) is 0 Å². The smallest absolute Gasteiger partial charge is 0.190 e. The van der Waals surface area contributed by atoms with Crippen molar-refractivity contribution in [3.05, 3.63) is 16.1 Å². The van der Waals surface area contributed by atoms with Gasteiger partial charge in [0.15, 0.2) is 5.96 Å². The fourth-order valence-corrected chi connectivity index (χ4v) is 3.68. The molecule has 0 bridgehead atoms. The van der Waals surface area contributed by atoms with Gasteiger partial charge < -0.3 is 10.6 Å². The highest BCUT2D eigenvalue weighted by Crippen LogP contribution is 2.19. The van der Waals surface area contributed by atoms with Crippen molar-refractivity contribution in [1.82, 2.24) is 20.5 Å². The zero-order chi connectivity index (χ0) is 18.8. The first-order valence-electron chi connectivity index (χ1n) is 9.49. The second-order valence-electron chi connectivity index (χ2n) is 7.29. The molecule has 2 N–H and O–H groups in total. The molecule has 1 aromatic rings. The van der Waals surface area contributed by atoms with E-state index < -0.39 is 0 Å². The van der Waals surface area contributed by atoms with Crippen LogP contribution in [0.4, 0.5) is 0 Å². The Labute approximate surface area is 181 Å². The predicted octanol–water partition coefficient (Wildman–Crippen LogP) is 4.10. The Morgan fingerprint density at radius 1 is 1.12 bits per heavy atom. The minimum absolute atomic E-state index is 0. The maximum Gasteiger partial charge on any atom is 0.190 e. The highest BCUT2D eigenvalue weighted by Gasteiger charge is 2.12. The van der Waals surface area contributed by atoms with E-state index >= 15 is 0 Å². The van der Waals surface area contributed by atoms with E-state index in [-0.39, 0.29) is 24.0 Å². The Kier molecular flexibility index (Phi) is 13.5. The molecule has 0 saturated heterocycles. The van der Waals surface area contributed by atoms with Crippen molar-refractivity contribution in [1.29, 1.82) is 0 Å². The van der Waals surface area contributed by atoms with E-state index in [9.17, 15) is 0 Å². The number of hydrogen-bond donors (Lipinski definition) is 2. The number of rotatable bonds is 10. The summed E-state index contributed by atoms with van der Waals surface area (Å²) >= 11 is 1.76. The summed E-state index contributed by atoms with van der Waals surface area (Å²) in [7, 11) is 1.82. The summed E-state index contributed by atoms with van der Waals surface area (Å²) in [5.74, 6) is 1.39. The maximum atomic E-state index is 4.67. The van der Waals surface area contributed by atoms with Crippen LogP contribution in [-0.4, -0.2) is 54.6 Å². The number of hydrogen-bond acceptors (Lipinski definition) is 4. The van der Waals surface area contributed by atoms with Gasteiger partial charge in [-0.15, -0.1) is 35.3 Å². The molecule has 5 nitrogen and oxygen atoms in total. The molecule has 1 aromatic heterocycles. The van der Waals surface area contributed by atoms with Gasteiger partial charge in [-0.05, 0) is 34.1 Å². The Morgan fingerprint density at radius 2 is 1.73 bits per heavy atom. The third kappa shape index (κ3) is 9.50. The van der Waals surface area contributed by atoms with Crippen molar-refractivity contribution in [3.8, 4) is 0 Å². The van der Waals surface area contributed by atoms with Crippen molar-refractivity contribution in [3.63, 3.8) is 0 Å². The maximum absolute atomic E-state index is 4.67. The van der Waals surface area contributed by atoms with Crippen molar-refractivity contribution in [2.24, 2.45) is 4.99 Å². The number of guanidine groups is 1. The summed E-state index contributed by atoms with van der Waals surface area (Å²) < 4.78 is 0. The van der Waals surface area contributed by atoms with E-state index in [1.54, 1.807) is 11.3 Å². The SMILES string of the molecule is CN=C(NCCCN(C(C)C)C(C)C)NCCc1csc(C(C)C)n1.I. The van der Waals surface area contributed by atoms with Crippen LogP contribution in [0.2, 0.25) is 0 Å². The third-order valence-electron chi connectivity index (χ3n) is 4.17. The largest absolute Gasteiger partial charge is 0.356 e. The van der Waals surface area contributed by atoms with Gasteiger partial charge in [-0.25, -0.2) is 4.98 Å². The van der Waals surface area contributed by atoms with E-state index in [0.29, 0.717) is 18.0 Å². The van der Waals surface area contributed by atoms with Crippen LogP contribution in [0.3, 0.4) is 0 Å². The molecular weight excluding hydrogens is 457 g/mol. The molecule has 0 fully saturated rings. The molecule has 0 aliphatic heterocycles. The predicted molar refractivity (Wildman–Crippen MR) is 126 cm³/mol. The van der Waals surface area contributed by atoms with Gasteiger partial charge in [0, 0.05) is 56.5 Å². The lowest BCUT2D eigenvalue weighted by molar-refractivity contribution is 0.173. The number of aromatic nitrogens is 1. The minimum Gasteiger partial charge on any atom is -0.356 e. The second kappa shape index (κ2) is 13.7. The minimum atomic E-state index is 0. The van der Waals surface area contributed by atoms with Crippen LogP contribution in [0.25, 0.3) is 0 Å². The summed E-state index contributed by atoms with van der Waals surface area (Å²) in [5.41, 5.74) is 1.17. The Hall–Kier alpha value is -0.410. The quantitative estimate of drug-likeness (QED) is 0.222. The molecule has 0 unspecified atom stereocenters. The molecule has 26 heavy (non-hydrogen) atoms. The summed E-state index contributed by atoms with van der Waals surface area (Å²) in [4.78, 5) is 11.5. The van der Waals surface area contributed by atoms with E-state index in [1.165, 1.54) is 10.7 Å². The van der Waals surface area contributed by atoms with E-state index in [4.69, 9.17) is 0 Å². The van der Waals surface area contributed by atoms with Crippen molar-refractivity contribution in [2.45, 2.75) is 72.4 Å². The topological polar surface area (TPSA) is 52.6 Å². The molecule has 0 radical (unpaired) electrons. The van der Waals surface area contributed by atoms with Crippen LogP contribution in [-0.2, 0) is 6.42 Å². The molecule has 1 heterocycles.